The van der Waals surface area contributed by atoms with E-state index >= 15 is 0 Å². The lowest BCUT2D eigenvalue weighted by molar-refractivity contribution is 0.0527. The van der Waals surface area contributed by atoms with Crippen molar-refractivity contribution in [3.05, 3.63) is 18.0 Å². The van der Waals surface area contributed by atoms with Crippen LogP contribution in [0.3, 0.4) is 0 Å². The van der Waals surface area contributed by atoms with Gasteiger partial charge in [-0.2, -0.15) is 5.10 Å². The summed E-state index contributed by atoms with van der Waals surface area (Å²) in [6.45, 7) is 10.2. The molecule has 1 amide bonds. The fourth-order valence-electron chi connectivity index (χ4n) is 1.87. The van der Waals surface area contributed by atoms with Crippen LogP contribution < -0.4 is 16.0 Å². The van der Waals surface area contributed by atoms with Crippen LogP contribution in [0.5, 0.6) is 0 Å². The van der Waals surface area contributed by atoms with Crippen LogP contribution in [0.4, 0.5) is 4.79 Å². The Hall–Kier alpha value is -1.52. The third kappa shape index (κ3) is 11.6. The lowest BCUT2D eigenvalue weighted by Crippen LogP contribution is -2.39. The molecule has 0 saturated heterocycles. The standard InChI is InChI=1S/C16H30N6O2.HI/c1-6-17-14(20-10-13-11-21-22(5)12-13)18-8-7-9-19-15(23)24-16(2,3)4;/h11-12H,6-10H2,1-5H3,(H,19,23)(H2,17,18,20);1H. The minimum Gasteiger partial charge on any atom is -0.444 e. The highest BCUT2D eigenvalue weighted by Crippen LogP contribution is 2.06. The Labute approximate surface area is 167 Å². The van der Waals surface area contributed by atoms with E-state index < -0.39 is 5.60 Å². The number of hydrogen-bond acceptors (Lipinski definition) is 4. The molecule has 3 N–H and O–H groups in total. The zero-order valence-electron chi connectivity index (χ0n) is 15.8. The average molecular weight is 466 g/mol. The largest absolute Gasteiger partial charge is 0.444 e. The van der Waals surface area contributed by atoms with Gasteiger partial charge in [0.05, 0.1) is 12.7 Å². The molecule has 0 spiro atoms. The summed E-state index contributed by atoms with van der Waals surface area (Å²) >= 11 is 0. The van der Waals surface area contributed by atoms with E-state index in [0.29, 0.717) is 19.6 Å². The van der Waals surface area contributed by atoms with Gasteiger partial charge in [-0.3, -0.25) is 4.68 Å². The number of rotatable bonds is 7. The predicted octanol–water partition coefficient (Wildman–Crippen LogP) is 2.01. The van der Waals surface area contributed by atoms with Gasteiger partial charge in [0.2, 0.25) is 0 Å². The number of aromatic nitrogens is 2. The molecule has 1 rings (SSSR count). The topological polar surface area (TPSA) is 92.6 Å². The molecule has 0 atom stereocenters. The summed E-state index contributed by atoms with van der Waals surface area (Å²) in [5.41, 5.74) is 0.584. The van der Waals surface area contributed by atoms with Gasteiger partial charge in [0.25, 0.3) is 0 Å². The lowest BCUT2D eigenvalue weighted by atomic mass is 10.2. The molecule has 0 aliphatic rings. The van der Waals surface area contributed by atoms with Crippen molar-refractivity contribution in [3.8, 4) is 0 Å². The molecule has 8 nitrogen and oxygen atoms in total. The lowest BCUT2D eigenvalue weighted by Gasteiger charge is -2.19. The summed E-state index contributed by atoms with van der Waals surface area (Å²) in [4.78, 5) is 16.0. The van der Waals surface area contributed by atoms with Crippen LogP contribution >= 0.6 is 24.0 Å². The van der Waals surface area contributed by atoms with Crippen LogP contribution in [-0.2, 0) is 18.3 Å². The summed E-state index contributed by atoms with van der Waals surface area (Å²) in [5.74, 6) is 0.749. The van der Waals surface area contributed by atoms with E-state index in [1.807, 2.05) is 40.9 Å². The number of ether oxygens (including phenoxy) is 1. The number of aryl methyl sites for hydroxylation is 1. The molecule has 1 heterocycles. The summed E-state index contributed by atoms with van der Waals surface area (Å²) in [6, 6.07) is 0. The van der Waals surface area contributed by atoms with Crippen molar-refractivity contribution in [2.75, 3.05) is 19.6 Å². The molecule has 0 radical (unpaired) electrons. The number of carbonyl (C=O) groups is 1. The second kappa shape index (κ2) is 11.9. The SMILES string of the molecule is CCNC(=NCc1cnn(C)c1)NCCCNC(=O)OC(C)(C)C.I. The zero-order valence-corrected chi connectivity index (χ0v) is 18.1. The van der Waals surface area contributed by atoms with Crippen molar-refractivity contribution in [2.45, 2.75) is 46.3 Å². The number of amides is 1. The van der Waals surface area contributed by atoms with E-state index in [-0.39, 0.29) is 30.1 Å². The number of hydrogen-bond donors (Lipinski definition) is 3. The number of halogens is 1. The van der Waals surface area contributed by atoms with Gasteiger partial charge in [-0.1, -0.05) is 0 Å². The first kappa shape index (κ1) is 23.5. The van der Waals surface area contributed by atoms with Crippen molar-refractivity contribution >= 4 is 36.0 Å². The molecule has 0 unspecified atom stereocenters. The van der Waals surface area contributed by atoms with E-state index in [2.05, 4.69) is 26.0 Å². The van der Waals surface area contributed by atoms with Crippen LogP contribution in [0.1, 0.15) is 39.7 Å². The highest BCUT2D eigenvalue weighted by Gasteiger charge is 2.15. The molecule has 0 aliphatic carbocycles. The molecule has 1 aromatic heterocycles. The molecule has 0 fully saturated rings. The smallest absolute Gasteiger partial charge is 0.407 e. The highest BCUT2D eigenvalue weighted by atomic mass is 127. The van der Waals surface area contributed by atoms with Gasteiger partial charge in [-0.15, -0.1) is 24.0 Å². The monoisotopic (exact) mass is 466 g/mol. The second-order valence-corrected chi connectivity index (χ2v) is 6.43. The van der Waals surface area contributed by atoms with Crippen molar-refractivity contribution in [2.24, 2.45) is 12.0 Å². The predicted molar refractivity (Wildman–Crippen MR) is 110 cm³/mol. The van der Waals surface area contributed by atoms with Crippen molar-refractivity contribution in [1.82, 2.24) is 25.7 Å². The van der Waals surface area contributed by atoms with Crippen LogP contribution in [0.2, 0.25) is 0 Å². The summed E-state index contributed by atoms with van der Waals surface area (Å²) in [7, 11) is 1.88. The molecular weight excluding hydrogens is 435 g/mol. The Balaban J connectivity index is 0.00000576. The Bertz CT molecular complexity index is 539. The van der Waals surface area contributed by atoms with Gasteiger partial charge in [0, 0.05) is 38.4 Å². The Morgan fingerprint density at radius 1 is 1.28 bits per heavy atom. The van der Waals surface area contributed by atoms with E-state index in [1.54, 1.807) is 10.9 Å². The quantitative estimate of drug-likeness (QED) is 0.248. The molecule has 0 saturated carbocycles. The van der Waals surface area contributed by atoms with E-state index in [9.17, 15) is 4.79 Å². The maximum atomic E-state index is 11.5. The van der Waals surface area contributed by atoms with Gasteiger partial charge in [-0.25, -0.2) is 9.79 Å². The van der Waals surface area contributed by atoms with E-state index in [4.69, 9.17) is 4.74 Å². The number of nitrogens with zero attached hydrogens (tertiary/aromatic N) is 3. The first-order valence-corrected chi connectivity index (χ1v) is 8.26. The maximum absolute atomic E-state index is 11.5. The molecule has 0 aromatic carbocycles. The number of carbonyl (C=O) groups excluding carboxylic acids is 1. The summed E-state index contributed by atoms with van der Waals surface area (Å²) in [6.07, 6.45) is 4.13. The number of aliphatic imine (C=N–C) groups is 1. The molecule has 0 aliphatic heterocycles. The molecular formula is C16H31IN6O2. The Morgan fingerprint density at radius 3 is 2.52 bits per heavy atom. The summed E-state index contributed by atoms with van der Waals surface area (Å²) in [5, 5.41) is 13.3. The minimum absolute atomic E-state index is 0. The van der Waals surface area contributed by atoms with Crippen molar-refractivity contribution < 1.29 is 9.53 Å². The van der Waals surface area contributed by atoms with E-state index in [0.717, 1.165) is 24.5 Å². The molecule has 1 aromatic rings. The number of nitrogens with one attached hydrogen (secondary N) is 3. The maximum Gasteiger partial charge on any atom is 0.407 e. The normalized spacial score (nSPS) is 11.5. The third-order valence-corrected chi connectivity index (χ3v) is 2.84. The van der Waals surface area contributed by atoms with Gasteiger partial charge in [0.15, 0.2) is 5.96 Å². The van der Waals surface area contributed by atoms with Crippen LogP contribution in [0, 0.1) is 0 Å². The van der Waals surface area contributed by atoms with Gasteiger partial charge >= 0.3 is 6.09 Å². The fraction of sp³-hybridized carbons (Fsp3) is 0.688. The molecule has 0 bridgehead atoms. The molecule has 25 heavy (non-hydrogen) atoms. The third-order valence-electron chi connectivity index (χ3n) is 2.84. The Morgan fingerprint density at radius 2 is 1.96 bits per heavy atom. The average Bonchev–Trinajstić information content (AvgIpc) is 2.88. The van der Waals surface area contributed by atoms with Crippen molar-refractivity contribution in [3.63, 3.8) is 0 Å². The summed E-state index contributed by atoms with van der Waals surface area (Å²) < 4.78 is 6.94. The van der Waals surface area contributed by atoms with Crippen LogP contribution in [0.25, 0.3) is 0 Å². The number of alkyl carbamates (subject to hydrolysis) is 1. The molecule has 9 heteroatoms. The minimum atomic E-state index is -0.473. The second-order valence-electron chi connectivity index (χ2n) is 6.43. The Kier molecular flexibility index (Phi) is 11.2. The first-order valence-electron chi connectivity index (χ1n) is 8.26. The van der Waals surface area contributed by atoms with Crippen LogP contribution in [0.15, 0.2) is 17.4 Å². The van der Waals surface area contributed by atoms with Gasteiger partial charge < -0.3 is 20.7 Å². The number of guanidine groups is 1. The van der Waals surface area contributed by atoms with Crippen molar-refractivity contribution in [1.29, 1.82) is 0 Å². The molecule has 144 valence electrons. The van der Waals surface area contributed by atoms with E-state index in [1.165, 1.54) is 0 Å². The highest BCUT2D eigenvalue weighted by molar-refractivity contribution is 14.0. The zero-order chi connectivity index (χ0) is 18.0. The first-order chi connectivity index (χ1) is 11.3. The fourth-order valence-corrected chi connectivity index (χ4v) is 1.87. The van der Waals surface area contributed by atoms with Gasteiger partial charge in [0.1, 0.15) is 5.60 Å². The van der Waals surface area contributed by atoms with Crippen LogP contribution in [-0.4, -0.2) is 47.1 Å². The van der Waals surface area contributed by atoms with Gasteiger partial charge in [-0.05, 0) is 34.1 Å².